The Balaban J connectivity index is 1.25. The number of nitrogens with zero attached hydrogens (tertiary/aromatic N) is 4. The number of fused-ring (bicyclic) bond motifs is 1. The highest BCUT2D eigenvalue weighted by Crippen LogP contribution is 2.31. The second-order valence-electron chi connectivity index (χ2n) is 9.25. The number of imidazole rings is 1. The number of carbonyl (C=O) groups excluding carboxylic acids is 1. The number of aromatic amines is 1. The van der Waals surface area contributed by atoms with E-state index < -0.39 is 0 Å². The van der Waals surface area contributed by atoms with Gasteiger partial charge < -0.3 is 15.0 Å². The maximum absolute atomic E-state index is 12.4. The maximum Gasteiger partial charge on any atom is 0.339 e. The molecule has 5 aromatic rings. The minimum Gasteiger partial charge on any atom is -0.460 e. The molecule has 1 aromatic carbocycles. The van der Waals surface area contributed by atoms with Gasteiger partial charge in [-0.15, -0.1) is 0 Å². The highest BCUT2D eigenvalue weighted by atomic mass is 16.5. The monoisotopic (exact) mass is 490 g/mol. The summed E-state index contributed by atoms with van der Waals surface area (Å²) in [6, 6.07) is 17.9. The Morgan fingerprint density at radius 3 is 2.73 bits per heavy atom. The Bertz CT molecular complexity index is 1570. The van der Waals surface area contributed by atoms with Crippen molar-refractivity contribution in [2.45, 2.75) is 25.8 Å². The molecule has 0 aliphatic carbocycles. The predicted molar refractivity (Wildman–Crippen MR) is 142 cm³/mol. The van der Waals surface area contributed by atoms with Crippen LogP contribution in [0.2, 0.25) is 0 Å². The van der Waals surface area contributed by atoms with Crippen molar-refractivity contribution in [3.63, 3.8) is 0 Å². The zero-order valence-corrected chi connectivity index (χ0v) is 20.4. The first kappa shape index (κ1) is 23.0. The summed E-state index contributed by atoms with van der Waals surface area (Å²) in [5.41, 5.74) is 7.38. The van der Waals surface area contributed by atoms with Crippen molar-refractivity contribution in [1.82, 2.24) is 30.2 Å². The Kier molecular flexibility index (Phi) is 6.16. The van der Waals surface area contributed by atoms with Crippen LogP contribution in [0.5, 0.6) is 0 Å². The van der Waals surface area contributed by atoms with E-state index in [0.717, 1.165) is 69.9 Å². The van der Waals surface area contributed by atoms with Gasteiger partial charge >= 0.3 is 5.97 Å². The molecule has 2 N–H and O–H groups in total. The van der Waals surface area contributed by atoms with E-state index in [1.165, 1.54) is 0 Å². The van der Waals surface area contributed by atoms with Gasteiger partial charge in [-0.05, 0) is 68.8 Å². The van der Waals surface area contributed by atoms with Crippen molar-refractivity contribution in [1.29, 1.82) is 0 Å². The van der Waals surface area contributed by atoms with E-state index >= 15 is 0 Å². The summed E-state index contributed by atoms with van der Waals surface area (Å²) >= 11 is 0. The molecule has 0 bridgehead atoms. The highest BCUT2D eigenvalue weighted by Gasteiger charge is 2.17. The lowest BCUT2D eigenvalue weighted by molar-refractivity contribution is 0.0473. The molecule has 8 nitrogen and oxygen atoms in total. The summed E-state index contributed by atoms with van der Waals surface area (Å²) in [7, 11) is 0. The number of carbonyl (C=O) groups is 1. The van der Waals surface area contributed by atoms with Crippen molar-refractivity contribution in [2.75, 3.05) is 13.2 Å². The topological polar surface area (TPSA) is 106 Å². The molecule has 4 aromatic heterocycles. The van der Waals surface area contributed by atoms with Crippen LogP contribution in [0.25, 0.3) is 44.8 Å². The Labute approximate surface area is 214 Å². The molecule has 37 heavy (non-hydrogen) atoms. The van der Waals surface area contributed by atoms with Gasteiger partial charge in [-0.2, -0.15) is 0 Å². The van der Waals surface area contributed by atoms with Crippen LogP contribution in [0.1, 0.15) is 28.9 Å². The molecule has 0 amide bonds. The third kappa shape index (κ3) is 4.83. The Morgan fingerprint density at radius 2 is 1.92 bits per heavy atom. The van der Waals surface area contributed by atoms with Crippen LogP contribution in [0, 0.1) is 6.92 Å². The number of aromatic nitrogens is 5. The van der Waals surface area contributed by atoms with Crippen LogP contribution in [-0.2, 0) is 4.74 Å². The number of H-pyrrole nitrogens is 1. The summed E-state index contributed by atoms with van der Waals surface area (Å²) in [4.78, 5) is 34.0. The van der Waals surface area contributed by atoms with Crippen LogP contribution in [-0.4, -0.2) is 50.1 Å². The molecule has 0 saturated carbocycles. The minimum atomic E-state index is -0.355. The quantitative estimate of drug-likeness (QED) is 0.324. The van der Waals surface area contributed by atoms with E-state index in [0.29, 0.717) is 12.2 Å². The van der Waals surface area contributed by atoms with Crippen molar-refractivity contribution in [3.8, 4) is 33.9 Å². The van der Waals surface area contributed by atoms with E-state index in [-0.39, 0.29) is 12.0 Å². The predicted octanol–water partition coefficient (Wildman–Crippen LogP) is 4.97. The molecular formula is C29H26N6O2. The highest BCUT2D eigenvalue weighted by molar-refractivity contribution is 5.91. The number of ether oxygens (including phenoxy) is 1. The first-order valence-corrected chi connectivity index (χ1v) is 12.4. The fourth-order valence-corrected chi connectivity index (χ4v) is 4.65. The molecule has 0 radical (unpaired) electrons. The number of rotatable bonds is 6. The van der Waals surface area contributed by atoms with Crippen molar-refractivity contribution in [2.24, 2.45) is 0 Å². The lowest BCUT2D eigenvalue weighted by Crippen LogP contribution is -2.28. The summed E-state index contributed by atoms with van der Waals surface area (Å²) < 4.78 is 5.45. The van der Waals surface area contributed by atoms with Gasteiger partial charge in [0.25, 0.3) is 0 Å². The van der Waals surface area contributed by atoms with Crippen LogP contribution in [0.3, 0.4) is 0 Å². The first-order chi connectivity index (χ1) is 18.1. The molecule has 0 unspecified atom stereocenters. The average molecular weight is 491 g/mol. The fraction of sp³-hybridized carbons (Fsp3) is 0.207. The van der Waals surface area contributed by atoms with Gasteiger partial charge in [0.2, 0.25) is 0 Å². The summed E-state index contributed by atoms with van der Waals surface area (Å²) in [6.45, 7) is 3.34. The molecular weight excluding hydrogens is 464 g/mol. The molecule has 8 heteroatoms. The Hall–Kier alpha value is -4.43. The zero-order valence-electron chi connectivity index (χ0n) is 20.4. The second-order valence-corrected chi connectivity index (χ2v) is 9.25. The fourth-order valence-electron chi connectivity index (χ4n) is 4.65. The largest absolute Gasteiger partial charge is 0.460 e. The number of nitrogens with one attached hydrogen (secondary N) is 2. The van der Waals surface area contributed by atoms with Crippen molar-refractivity contribution in [3.05, 3.63) is 84.6 Å². The standard InChI is InChI=1S/C29H26N6O2/c1-18-4-2-6-26(35-18)28-27(33-17-34-28)19-7-9-24-21(12-19)13-22(15-32-24)25-10-8-20(14-31-25)29(36)37-16-23-5-3-11-30-23/h2,4,6-10,12-15,17,23,30H,3,5,11,16H2,1H3,(H,33,34)/t23-/m1/s1. The molecule has 1 fully saturated rings. The number of benzene rings is 1. The smallest absolute Gasteiger partial charge is 0.339 e. The summed E-state index contributed by atoms with van der Waals surface area (Å²) in [5, 5.41) is 4.29. The van der Waals surface area contributed by atoms with Crippen LogP contribution in [0.15, 0.2) is 73.3 Å². The summed E-state index contributed by atoms with van der Waals surface area (Å²) in [6.07, 6.45) is 7.20. The van der Waals surface area contributed by atoms with E-state index in [1.807, 2.05) is 43.3 Å². The number of hydrogen-bond donors (Lipinski definition) is 2. The Morgan fingerprint density at radius 1 is 1.00 bits per heavy atom. The third-order valence-electron chi connectivity index (χ3n) is 6.61. The number of esters is 1. The first-order valence-electron chi connectivity index (χ1n) is 12.4. The van der Waals surface area contributed by atoms with Gasteiger partial charge in [0, 0.05) is 40.6 Å². The minimum absolute atomic E-state index is 0.246. The maximum atomic E-state index is 12.4. The molecule has 1 aliphatic heterocycles. The molecule has 1 atom stereocenters. The van der Waals surface area contributed by atoms with E-state index in [1.54, 1.807) is 24.8 Å². The van der Waals surface area contributed by atoms with Crippen molar-refractivity contribution < 1.29 is 9.53 Å². The van der Waals surface area contributed by atoms with Gasteiger partial charge in [-0.3, -0.25) is 15.0 Å². The number of hydrogen-bond acceptors (Lipinski definition) is 7. The van der Waals surface area contributed by atoms with Crippen molar-refractivity contribution >= 4 is 16.9 Å². The van der Waals surface area contributed by atoms with Gasteiger partial charge in [0.15, 0.2) is 0 Å². The van der Waals surface area contributed by atoms with Crippen LogP contribution < -0.4 is 5.32 Å². The van der Waals surface area contributed by atoms with Gasteiger partial charge in [-0.25, -0.2) is 9.78 Å². The lowest BCUT2D eigenvalue weighted by Gasteiger charge is -2.11. The van der Waals surface area contributed by atoms with Gasteiger partial charge in [-0.1, -0.05) is 12.1 Å². The lowest BCUT2D eigenvalue weighted by atomic mass is 10.0. The second kappa shape index (κ2) is 9.91. The van der Waals surface area contributed by atoms with Gasteiger partial charge in [0.1, 0.15) is 6.61 Å². The molecule has 5 heterocycles. The number of pyridine rings is 3. The SMILES string of the molecule is Cc1cccc(-c2[nH]cnc2-c2ccc3ncc(-c4ccc(C(=O)OC[C@H]5CCCN5)cn4)cc3c2)n1. The normalized spacial score (nSPS) is 15.2. The van der Waals surface area contributed by atoms with Gasteiger partial charge in [0.05, 0.1) is 40.2 Å². The van der Waals surface area contributed by atoms with E-state index in [2.05, 4.69) is 42.4 Å². The molecule has 1 saturated heterocycles. The molecule has 184 valence electrons. The summed E-state index contributed by atoms with van der Waals surface area (Å²) in [5.74, 6) is -0.355. The van der Waals surface area contributed by atoms with Crippen LogP contribution in [0.4, 0.5) is 0 Å². The molecule has 0 spiro atoms. The third-order valence-corrected chi connectivity index (χ3v) is 6.61. The van der Waals surface area contributed by atoms with E-state index in [9.17, 15) is 4.79 Å². The van der Waals surface area contributed by atoms with Crippen LogP contribution >= 0.6 is 0 Å². The average Bonchev–Trinajstić information content (AvgIpc) is 3.64. The zero-order chi connectivity index (χ0) is 25.2. The number of aryl methyl sites for hydroxylation is 1. The molecule has 1 aliphatic rings. The molecule has 6 rings (SSSR count). The van der Waals surface area contributed by atoms with E-state index in [4.69, 9.17) is 4.74 Å².